The monoisotopic (exact) mass is 475 g/mol. The van der Waals surface area contributed by atoms with Gasteiger partial charge < -0.3 is 15.0 Å². The van der Waals surface area contributed by atoms with Crippen molar-refractivity contribution >= 4 is 28.5 Å². The van der Waals surface area contributed by atoms with Crippen LogP contribution in [0.25, 0.3) is 11.0 Å². The second kappa shape index (κ2) is 8.66. The van der Waals surface area contributed by atoms with Crippen molar-refractivity contribution in [2.24, 2.45) is 0 Å². The highest BCUT2D eigenvalue weighted by Gasteiger charge is 2.37. The Hall–Kier alpha value is -3.42. The molecule has 2 aliphatic rings. The molecule has 2 amide bonds. The van der Waals surface area contributed by atoms with Crippen LogP contribution in [0, 0.1) is 6.92 Å². The Morgan fingerprint density at radius 3 is 2.46 bits per heavy atom. The van der Waals surface area contributed by atoms with Gasteiger partial charge in [0, 0.05) is 23.8 Å². The van der Waals surface area contributed by atoms with Crippen LogP contribution in [0.1, 0.15) is 74.1 Å². The molecule has 1 aliphatic heterocycles. The zero-order chi connectivity index (χ0) is 24.9. The van der Waals surface area contributed by atoms with Gasteiger partial charge in [-0.3, -0.25) is 9.59 Å². The van der Waals surface area contributed by atoms with E-state index in [9.17, 15) is 9.59 Å². The maximum atomic E-state index is 14.0. The van der Waals surface area contributed by atoms with Crippen molar-refractivity contribution in [3.05, 3.63) is 47.3 Å². The van der Waals surface area contributed by atoms with Gasteiger partial charge in [-0.15, -0.1) is 0 Å². The molecule has 1 N–H and O–H groups in total. The molecule has 3 heterocycles. The molecule has 0 bridgehead atoms. The Balaban J connectivity index is 1.49. The summed E-state index contributed by atoms with van der Waals surface area (Å²) in [4.78, 5) is 33.9. The number of nitrogens with zero attached hydrogens (tertiary/aromatic N) is 4. The number of aromatic nitrogens is 3. The minimum atomic E-state index is -0.518. The molecule has 2 fully saturated rings. The fourth-order valence-electron chi connectivity index (χ4n) is 4.87. The van der Waals surface area contributed by atoms with Crippen molar-refractivity contribution in [2.75, 3.05) is 19.0 Å². The first-order chi connectivity index (χ1) is 16.7. The van der Waals surface area contributed by atoms with E-state index in [0.717, 1.165) is 47.4 Å². The molecule has 184 valence electrons. The number of hydrogen-bond acceptors (Lipinski definition) is 5. The molecule has 1 aromatic carbocycles. The number of likely N-dealkylation sites (tertiary alicyclic amines) is 1. The van der Waals surface area contributed by atoms with Crippen molar-refractivity contribution in [1.29, 1.82) is 0 Å². The highest BCUT2D eigenvalue weighted by Crippen LogP contribution is 2.41. The molecule has 2 aromatic heterocycles. The van der Waals surface area contributed by atoms with Gasteiger partial charge in [0.15, 0.2) is 5.65 Å². The van der Waals surface area contributed by atoms with Crippen LogP contribution in [0.2, 0.25) is 0 Å². The summed E-state index contributed by atoms with van der Waals surface area (Å²) in [7, 11) is 1.60. The molecule has 3 aromatic rings. The van der Waals surface area contributed by atoms with E-state index < -0.39 is 6.04 Å². The maximum absolute atomic E-state index is 14.0. The Bertz CT molecular complexity index is 1280. The number of fused-ring (bicyclic) bond motifs is 1. The molecule has 8 nitrogen and oxygen atoms in total. The number of rotatable bonds is 5. The van der Waals surface area contributed by atoms with E-state index >= 15 is 0 Å². The molecule has 1 saturated heterocycles. The summed E-state index contributed by atoms with van der Waals surface area (Å²) in [6.07, 6.45) is 3.60. The standard InChI is InChI=1S/C27H33N5O3/c1-16-23-20(15-21(17-8-9-17)29-24(23)32(30-16)27(2,3)4)26(34)31-14-6-7-22(31)25(33)28-18-10-12-19(35-5)13-11-18/h10-13,15,17,22H,6-9,14H2,1-5H3,(H,28,33). The third-order valence-electron chi connectivity index (χ3n) is 6.87. The lowest BCUT2D eigenvalue weighted by Gasteiger charge is -2.25. The van der Waals surface area contributed by atoms with Gasteiger partial charge in [-0.1, -0.05) is 0 Å². The summed E-state index contributed by atoms with van der Waals surface area (Å²) >= 11 is 0. The lowest BCUT2D eigenvalue weighted by Crippen LogP contribution is -2.43. The summed E-state index contributed by atoms with van der Waals surface area (Å²) in [5.74, 6) is 0.821. The fourth-order valence-corrected chi connectivity index (χ4v) is 4.87. The third kappa shape index (κ3) is 4.37. The van der Waals surface area contributed by atoms with Gasteiger partial charge in [-0.05, 0) is 83.7 Å². The summed E-state index contributed by atoms with van der Waals surface area (Å²) in [6, 6.07) is 8.63. The van der Waals surface area contributed by atoms with Gasteiger partial charge in [0.25, 0.3) is 5.91 Å². The number of carbonyl (C=O) groups excluding carboxylic acids is 2. The van der Waals surface area contributed by atoms with E-state index in [1.165, 1.54) is 0 Å². The average Bonchev–Trinajstić information content (AvgIpc) is 3.46. The first kappa shape index (κ1) is 23.3. The van der Waals surface area contributed by atoms with Gasteiger partial charge in [0.05, 0.1) is 29.3 Å². The Kier molecular flexibility index (Phi) is 5.77. The van der Waals surface area contributed by atoms with Gasteiger partial charge in [0.2, 0.25) is 5.91 Å². The van der Waals surface area contributed by atoms with Crippen molar-refractivity contribution in [1.82, 2.24) is 19.7 Å². The first-order valence-electron chi connectivity index (χ1n) is 12.3. The molecule has 35 heavy (non-hydrogen) atoms. The zero-order valence-electron chi connectivity index (χ0n) is 21.1. The van der Waals surface area contributed by atoms with Crippen LogP contribution in [0.15, 0.2) is 30.3 Å². The SMILES string of the molecule is COc1ccc(NC(=O)C2CCCN2C(=O)c2cc(C3CC3)nc3c2c(C)nn3C(C)(C)C)cc1. The number of nitrogens with one attached hydrogen (secondary N) is 1. The van der Waals surface area contributed by atoms with Crippen LogP contribution in [-0.2, 0) is 10.3 Å². The van der Waals surface area contributed by atoms with E-state index in [-0.39, 0.29) is 17.4 Å². The first-order valence-corrected chi connectivity index (χ1v) is 12.3. The molecule has 1 atom stereocenters. The van der Waals surface area contributed by atoms with Crippen molar-refractivity contribution in [2.45, 2.75) is 70.9 Å². The van der Waals surface area contributed by atoms with E-state index in [1.54, 1.807) is 36.3 Å². The molecule has 1 aliphatic carbocycles. The molecule has 8 heteroatoms. The van der Waals surface area contributed by atoms with E-state index in [2.05, 4.69) is 26.1 Å². The topological polar surface area (TPSA) is 89.3 Å². The smallest absolute Gasteiger partial charge is 0.255 e. The van der Waals surface area contributed by atoms with E-state index in [4.69, 9.17) is 14.8 Å². The third-order valence-corrected chi connectivity index (χ3v) is 6.87. The Morgan fingerprint density at radius 2 is 1.83 bits per heavy atom. The number of ether oxygens (including phenoxy) is 1. The fraction of sp³-hybridized carbons (Fsp3) is 0.481. The zero-order valence-corrected chi connectivity index (χ0v) is 21.1. The number of anilines is 1. The predicted molar refractivity (Wildman–Crippen MR) is 135 cm³/mol. The summed E-state index contributed by atoms with van der Waals surface area (Å²) < 4.78 is 7.12. The van der Waals surface area contributed by atoms with Gasteiger partial charge in [0.1, 0.15) is 11.8 Å². The number of methoxy groups -OCH3 is 1. The number of carbonyl (C=O) groups is 2. The van der Waals surface area contributed by atoms with Gasteiger partial charge in [-0.2, -0.15) is 5.10 Å². The largest absolute Gasteiger partial charge is 0.497 e. The summed E-state index contributed by atoms with van der Waals surface area (Å²) in [5.41, 5.74) is 3.50. The van der Waals surface area contributed by atoms with Crippen LogP contribution < -0.4 is 10.1 Å². The van der Waals surface area contributed by atoms with Crippen molar-refractivity contribution in [3.8, 4) is 5.75 Å². The quantitative estimate of drug-likeness (QED) is 0.581. The molecule has 1 saturated carbocycles. The van der Waals surface area contributed by atoms with Crippen LogP contribution in [0.3, 0.4) is 0 Å². The minimum Gasteiger partial charge on any atom is -0.497 e. The highest BCUT2D eigenvalue weighted by atomic mass is 16.5. The van der Waals surface area contributed by atoms with Crippen molar-refractivity contribution < 1.29 is 14.3 Å². The molecule has 1 unspecified atom stereocenters. The number of hydrogen-bond donors (Lipinski definition) is 1. The van der Waals surface area contributed by atoms with Crippen LogP contribution in [0.4, 0.5) is 5.69 Å². The number of pyridine rings is 1. The summed E-state index contributed by atoms with van der Waals surface area (Å²) in [5, 5.41) is 8.52. The van der Waals surface area contributed by atoms with Crippen LogP contribution >= 0.6 is 0 Å². The highest BCUT2D eigenvalue weighted by molar-refractivity contribution is 6.09. The normalized spacial score (nSPS) is 18.2. The second-order valence-corrected chi connectivity index (χ2v) is 10.6. The summed E-state index contributed by atoms with van der Waals surface area (Å²) in [6.45, 7) is 8.75. The molecule has 0 radical (unpaired) electrons. The second-order valence-electron chi connectivity index (χ2n) is 10.6. The average molecular weight is 476 g/mol. The van der Waals surface area contributed by atoms with E-state index in [1.807, 2.05) is 17.7 Å². The van der Waals surface area contributed by atoms with Crippen molar-refractivity contribution in [3.63, 3.8) is 0 Å². The molecule has 5 rings (SSSR count). The van der Waals surface area contributed by atoms with Gasteiger partial charge in [-0.25, -0.2) is 9.67 Å². The number of amides is 2. The Morgan fingerprint density at radius 1 is 1.11 bits per heavy atom. The van der Waals surface area contributed by atoms with E-state index in [0.29, 0.717) is 30.1 Å². The lowest BCUT2D eigenvalue weighted by molar-refractivity contribution is -0.119. The lowest BCUT2D eigenvalue weighted by atomic mass is 10.0. The van der Waals surface area contributed by atoms with Gasteiger partial charge >= 0.3 is 0 Å². The number of benzene rings is 1. The maximum Gasteiger partial charge on any atom is 0.255 e. The molecule has 0 spiro atoms. The van der Waals surface area contributed by atoms with Crippen LogP contribution in [0.5, 0.6) is 5.75 Å². The number of aryl methyl sites for hydroxylation is 1. The van der Waals surface area contributed by atoms with Crippen LogP contribution in [-0.4, -0.2) is 51.2 Å². The minimum absolute atomic E-state index is 0.122. The molecular weight excluding hydrogens is 442 g/mol. The Labute approximate surface area is 205 Å². The molecular formula is C27H33N5O3. The predicted octanol–water partition coefficient (Wildman–Crippen LogP) is 4.62.